The number of rotatable bonds is 2. The fourth-order valence-electron chi connectivity index (χ4n) is 3.30. The predicted molar refractivity (Wildman–Crippen MR) is 99.0 cm³/mol. The molecule has 0 unspecified atom stereocenters. The summed E-state index contributed by atoms with van der Waals surface area (Å²) in [5.74, 6) is 0.632. The van der Waals surface area contributed by atoms with Crippen molar-refractivity contribution in [3.05, 3.63) is 34.9 Å². The average Bonchev–Trinajstić information content (AvgIpc) is 2.97. The van der Waals surface area contributed by atoms with E-state index in [0.29, 0.717) is 30.2 Å². The van der Waals surface area contributed by atoms with E-state index < -0.39 is 4.84 Å². The molecule has 2 heterocycles. The van der Waals surface area contributed by atoms with Crippen LogP contribution in [0.1, 0.15) is 23.2 Å². The van der Waals surface area contributed by atoms with Crippen molar-refractivity contribution in [2.24, 2.45) is 0 Å². The second kappa shape index (κ2) is 7.32. The van der Waals surface area contributed by atoms with E-state index in [0.717, 1.165) is 18.6 Å². The lowest BCUT2D eigenvalue weighted by Gasteiger charge is -2.44. The van der Waals surface area contributed by atoms with Crippen LogP contribution in [0.4, 0.5) is 0 Å². The number of nitrogens with zero attached hydrogens (tertiary/aromatic N) is 2. The van der Waals surface area contributed by atoms with Gasteiger partial charge in [0.15, 0.2) is 4.84 Å². The number of thioether (sulfide) groups is 1. The van der Waals surface area contributed by atoms with Gasteiger partial charge in [-0.25, -0.2) is 0 Å². The summed E-state index contributed by atoms with van der Waals surface area (Å²) in [5.41, 5.74) is 0.601. The van der Waals surface area contributed by atoms with Crippen LogP contribution >= 0.6 is 46.6 Å². The van der Waals surface area contributed by atoms with Crippen molar-refractivity contribution in [1.82, 2.24) is 9.80 Å². The van der Waals surface area contributed by atoms with Gasteiger partial charge in [-0.15, -0.1) is 11.8 Å². The van der Waals surface area contributed by atoms with Gasteiger partial charge < -0.3 is 9.80 Å². The van der Waals surface area contributed by atoms with Crippen molar-refractivity contribution < 1.29 is 9.59 Å². The van der Waals surface area contributed by atoms with Gasteiger partial charge in [0.05, 0.1) is 4.87 Å². The number of hydrogen-bond donors (Lipinski definition) is 0. The number of alkyl halides is 2. The van der Waals surface area contributed by atoms with Gasteiger partial charge in [0.1, 0.15) is 0 Å². The van der Waals surface area contributed by atoms with Crippen LogP contribution in [0, 0.1) is 0 Å². The first-order chi connectivity index (χ1) is 11.4. The third-order valence-electron chi connectivity index (χ3n) is 4.54. The number of halogens is 3. The molecule has 2 saturated heterocycles. The Kier molecular flexibility index (Phi) is 5.55. The minimum Gasteiger partial charge on any atom is -0.340 e. The average molecular weight is 408 g/mol. The Labute approximate surface area is 160 Å². The minimum atomic E-state index is -1.03. The molecule has 0 aromatic heterocycles. The van der Waals surface area contributed by atoms with Crippen LogP contribution < -0.4 is 0 Å². The Bertz CT molecular complexity index is 648. The molecule has 0 aliphatic carbocycles. The SMILES string of the molecule is O=C(C(Cl)Cl)N1CCC2(CC1)SCCN2C(=O)c1cccc(Cl)c1. The van der Waals surface area contributed by atoms with E-state index >= 15 is 0 Å². The maximum absolute atomic E-state index is 12.9. The summed E-state index contributed by atoms with van der Waals surface area (Å²) in [4.78, 5) is 27.2. The highest BCUT2D eigenvalue weighted by molar-refractivity contribution is 8.00. The van der Waals surface area contributed by atoms with Gasteiger partial charge >= 0.3 is 0 Å². The van der Waals surface area contributed by atoms with Crippen LogP contribution in [0.3, 0.4) is 0 Å². The molecule has 2 fully saturated rings. The molecule has 1 aromatic rings. The van der Waals surface area contributed by atoms with Gasteiger partial charge in [-0.2, -0.15) is 0 Å². The first-order valence-corrected chi connectivity index (χ1v) is 9.95. The standard InChI is InChI=1S/C16H17Cl3N2O2S/c17-12-3-1-2-11(10-12)14(22)21-8-9-24-16(21)4-6-20(7-5-16)15(23)13(18)19/h1-3,10,13H,4-9H2. The van der Waals surface area contributed by atoms with Crippen LogP contribution in [-0.2, 0) is 4.79 Å². The summed E-state index contributed by atoms with van der Waals surface area (Å²) < 4.78 is 0. The van der Waals surface area contributed by atoms with Crippen LogP contribution in [0.25, 0.3) is 0 Å². The summed E-state index contributed by atoms with van der Waals surface area (Å²) in [7, 11) is 0. The van der Waals surface area contributed by atoms with Crippen molar-refractivity contribution in [1.29, 1.82) is 0 Å². The molecule has 24 heavy (non-hydrogen) atoms. The molecule has 0 N–H and O–H groups in total. The maximum atomic E-state index is 12.9. The lowest BCUT2D eigenvalue weighted by Crippen LogP contribution is -2.54. The van der Waals surface area contributed by atoms with E-state index in [1.54, 1.807) is 40.9 Å². The van der Waals surface area contributed by atoms with Gasteiger partial charge in [0.25, 0.3) is 11.8 Å². The van der Waals surface area contributed by atoms with E-state index in [1.807, 2.05) is 4.90 Å². The Hall–Kier alpha value is -0.620. The van der Waals surface area contributed by atoms with Gasteiger partial charge in [0.2, 0.25) is 0 Å². The third kappa shape index (κ3) is 3.50. The number of amides is 2. The number of piperidine rings is 1. The minimum absolute atomic E-state index is 0.00478. The largest absolute Gasteiger partial charge is 0.340 e. The van der Waals surface area contributed by atoms with Gasteiger partial charge in [-0.05, 0) is 31.0 Å². The van der Waals surface area contributed by atoms with Crippen LogP contribution in [0.2, 0.25) is 5.02 Å². The summed E-state index contributed by atoms with van der Waals surface area (Å²) in [6, 6.07) is 7.03. The van der Waals surface area contributed by atoms with Crippen molar-refractivity contribution in [3.8, 4) is 0 Å². The zero-order chi connectivity index (χ0) is 17.3. The first-order valence-electron chi connectivity index (χ1n) is 7.71. The summed E-state index contributed by atoms with van der Waals surface area (Å²) >= 11 is 19.2. The molecule has 1 aromatic carbocycles. The smallest absolute Gasteiger partial charge is 0.255 e. The molecule has 2 aliphatic rings. The number of carbonyl (C=O) groups is 2. The molecule has 1 spiro atoms. The number of likely N-dealkylation sites (tertiary alicyclic amines) is 1. The number of hydrogen-bond acceptors (Lipinski definition) is 3. The van der Waals surface area contributed by atoms with Crippen LogP contribution in [0.5, 0.6) is 0 Å². The normalized spacial score (nSPS) is 20.0. The summed E-state index contributed by atoms with van der Waals surface area (Å²) in [6.45, 7) is 1.82. The maximum Gasteiger partial charge on any atom is 0.255 e. The molecule has 8 heteroatoms. The van der Waals surface area contributed by atoms with Crippen molar-refractivity contribution in [3.63, 3.8) is 0 Å². The Morgan fingerprint density at radius 2 is 1.88 bits per heavy atom. The number of benzene rings is 1. The highest BCUT2D eigenvalue weighted by Gasteiger charge is 2.47. The van der Waals surface area contributed by atoms with Crippen LogP contribution in [-0.4, -0.2) is 56.7 Å². The monoisotopic (exact) mass is 406 g/mol. The Balaban J connectivity index is 1.74. The molecule has 0 radical (unpaired) electrons. The summed E-state index contributed by atoms with van der Waals surface area (Å²) in [5, 5.41) is 0.553. The zero-order valence-electron chi connectivity index (χ0n) is 12.9. The van der Waals surface area contributed by atoms with Crippen molar-refractivity contribution >= 4 is 58.4 Å². The molecule has 4 nitrogen and oxygen atoms in total. The van der Waals surface area contributed by atoms with E-state index in [9.17, 15) is 9.59 Å². The van der Waals surface area contributed by atoms with Crippen molar-refractivity contribution in [2.45, 2.75) is 22.5 Å². The topological polar surface area (TPSA) is 40.6 Å². The molecule has 2 aliphatic heterocycles. The fraction of sp³-hybridized carbons (Fsp3) is 0.500. The Morgan fingerprint density at radius 1 is 1.17 bits per heavy atom. The quantitative estimate of drug-likeness (QED) is 0.703. The first kappa shape index (κ1) is 18.2. The predicted octanol–water partition coefficient (Wildman–Crippen LogP) is 3.65. The molecular weight excluding hydrogens is 391 g/mol. The van der Waals surface area contributed by atoms with E-state index in [1.165, 1.54) is 0 Å². The molecule has 3 rings (SSSR count). The van der Waals surface area contributed by atoms with Gasteiger partial charge in [-0.1, -0.05) is 40.9 Å². The molecule has 0 bridgehead atoms. The van der Waals surface area contributed by atoms with E-state index in [4.69, 9.17) is 34.8 Å². The van der Waals surface area contributed by atoms with Gasteiger partial charge in [-0.3, -0.25) is 9.59 Å². The van der Waals surface area contributed by atoms with E-state index in [-0.39, 0.29) is 16.7 Å². The van der Waals surface area contributed by atoms with E-state index in [2.05, 4.69) is 0 Å². The second-order valence-corrected chi connectivity index (χ2v) is 8.88. The molecule has 130 valence electrons. The molecule has 2 amide bonds. The van der Waals surface area contributed by atoms with Gasteiger partial charge in [0, 0.05) is 36.0 Å². The lowest BCUT2D eigenvalue weighted by atomic mass is 10.0. The van der Waals surface area contributed by atoms with Crippen LogP contribution in [0.15, 0.2) is 24.3 Å². The molecule has 0 saturated carbocycles. The third-order valence-corrected chi connectivity index (χ3v) is 6.70. The zero-order valence-corrected chi connectivity index (χ0v) is 16.0. The fourth-order valence-corrected chi connectivity index (χ4v) is 5.22. The summed E-state index contributed by atoms with van der Waals surface area (Å²) in [6.07, 6.45) is 1.44. The molecular formula is C16H17Cl3N2O2S. The highest BCUT2D eigenvalue weighted by atomic mass is 35.5. The molecule has 0 atom stereocenters. The highest BCUT2D eigenvalue weighted by Crippen LogP contribution is 2.44. The Morgan fingerprint density at radius 3 is 2.50 bits per heavy atom. The van der Waals surface area contributed by atoms with Crippen molar-refractivity contribution in [2.75, 3.05) is 25.4 Å². The number of carbonyl (C=O) groups excluding carboxylic acids is 2. The lowest BCUT2D eigenvalue weighted by molar-refractivity contribution is -0.130. The second-order valence-electron chi connectivity index (χ2n) is 5.89.